The Morgan fingerprint density at radius 1 is 1.17 bits per heavy atom. The molecule has 0 aliphatic rings. The minimum Gasteiger partial charge on any atom is -0.366 e. The molecule has 5 nitrogen and oxygen atoms in total. The zero-order valence-electron chi connectivity index (χ0n) is 9.05. The second-order valence-electron chi connectivity index (χ2n) is 3.46. The highest BCUT2D eigenvalue weighted by Gasteiger charge is 2.18. The third-order valence-electron chi connectivity index (χ3n) is 2.20. The molecule has 1 aromatic carbocycles. The van der Waals surface area contributed by atoms with Crippen LogP contribution in [0.1, 0.15) is 0 Å². The Balaban J connectivity index is 2.43. The van der Waals surface area contributed by atoms with Crippen molar-refractivity contribution in [3.63, 3.8) is 0 Å². The van der Waals surface area contributed by atoms with Gasteiger partial charge in [0.25, 0.3) is 10.0 Å². The number of benzene rings is 1. The lowest BCUT2D eigenvalue weighted by molar-refractivity contribution is 0.600. The molecule has 2 N–H and O–H groups in total. The van der Waals surface area contributed by atoms with Gasteiger partial charge >= 0.3 is 0 Å². The summed E-state index contributed by atoms with van der Waals surface area (Å²) in [7, 11) is -3.87. The van der Waals surface area contributed by atoms with Gasteiger partial charge in [-0.05, 0) is 34.7 Å². The van der Waals surface area contributed by atoms with E-state index in [9.17, 15) is 13.2 Å². The zero-order valence-corrected chi connectivity index (χ0v) is 12.0. The van der Waals surface area contributed by atoms with Crippen LogP contribution in [0.2, 0.25) is 0 Å². The van der Waals surface area contributed by atoms with E-state index in [1.165, 1.54) is 18.5 Å². The van der Waals surface area contributed by atoms with E-state index in [0.717, 1.165) is 3.57 Å². The topological polar surface area (TPSA) is 79.0 Å². The number of H-pyrrole nitrogens is 1. The molecule has 18 heavy (non-hydrogen) atoms. The van der Waals surface area contributed by atoms with E-state index in [-0.39, 0.29) is 4.90 Å². The second kappa shape index (κ2) is 5.11. The van der Waals surface area contributed by atoms with Crippen LogP contribution in [0.4, 0.5) is 5.69 Å². The highest BCUT2D eigenvalue weighted by molar-refractivity contribution is 14.1. The monoisotopic (exact) mass is 376 g/mol. The number of halogens is 1. The average molecular weight is 376 g/mol. The van der Waals surface area contributed by atoms with Crippen LogP contribution >= 0.6 is 22.6 Å². The van der Waals surface area contributed by atoms with Gasteiger partial charge in [0.2, 0.25) is 5.43 Å². The lowest BCUT2D eigenvalue weighted by Crippen LogP contribution is -2.21. The van der Waals surface area contributed by atoms with Gasteiger partial charge < -0.3 is 4.98 Å². The van der Waals surface area contributed by atoms with E-state index in [0.29, 0.717) is 5.69 Å². The number of hydrogen-bond acceptors (Lipinski definition) is 3. The van der Waals surface area contributed by atoms with Crippen LogP contribution in [-0.2, 0) is 10.0 Å². The molecule has 0 saturated heterocycles. The van der Waals surface area contributed by atoms with E-state index in [1.54, 1.807) is 24.3 Å². The molecule has 0 radical (unpaired) electrons. The maximum atomic E-state index is 12.0. The molecular weight excluding hydrogens is 367 g/mol. The SMILES string of the molecule is O=c1cc[nH]cc1S(=O)(=O)Nc1ccccc1I. The van der Waals surface area contributed by atoms with Gasteiger partial charge in [0.1, 0.15) is 0 Å². The smallest absolute Gasteiger partial charge is 0.267 e. The number of anilines is 1. The van der Waals surface area contributed by atoms with E-state index in [1.807, 2.05) is 22.6 Å². The first kappa shape index (κ1) is 13.1. The van der Waals surface area contributed by atoms with E-state index in [2.05, 4.69) is 9.71 Å². The van der Waals surface area contributed by atoms with Crippen molar-refractivity contribution in [2.24, 2.45) is 0 Å². The first-order chi connectivity index (χ1) is 8.50. The summed E-state index contributed by atoms with van der Waals surface area (Å²) in [6.45, 7) is 0. The number of pyridine rings is 1. The zero-order chi connectivity index (χ0) is 13.2. The van der Waals surface area contributed by atoms with Crippen molar-refractivity contribution in [3.05, 3.63) is 56.5 Å². The number of aromatic nitrogens is 1. The van der Waals surface area contributed by atoms with Crippen molar-refractivity contribution in [2.45, 2.75) is 4.90 Å². The van der Waals surface area contributed by atoms with Crippen LogP contribution in [0, 0.1) is 3.57 Å². The maximum absolute atomic E-state index is 12.0. The molecule has 0 bridgehead atoms. The van der Waals surface area contributed by atoms with Gasteiger partial charge in [-0.1, -0.05) is 12.1 Å². The highest BCUT2D eigenvalue weighted by Crippen LogP contribution is 2.19. The predicted octanol–water partition coefficient (Wildman–Crippen LogP) is 1.78. The van der Waals surface area contributed by atoms with Crippen LogP contribution in [0.3, 0.4) is 0 Å². The molecule has 1 aromatic heterocycles. The third-order valence-corrected chi connectivity index (χ3v) is 4.52. The fourth-order valence-corrected chi connectivity index (χ4v) is 3.19. The normalized spacial score (nSPS) is 11.2. The molecule has 0 aliphatic carbocycles. The number of rotatable bonds is 3. The molecule has 2 aromatic rings. The van der Waals surface area contributed by atoms with Gasteiger partial charge in [0.15, 0.2) is 4.90 Å². The summed E-state index contributed by atoms with van der Waals surface area (Å²) in [5.41, 5.74) is -0.103. The molecule has 0 aliphatic heterocycles. The fourth-order valence-electron chi connectivity index (χ4n) is 1.35. The molecule has 7 heteroatoms. The van der Waals surface area contributed by atoms with Crippen molar-refractivity contribution >= 4 is 38.3 Å². The Morgan fingerprint density at radius 2 is 1.89 bits per heavy atom. The summed E-state index contributed by atoms with van der Waals surface area (Å²) in [6, 6.07) is 8.10. The summed E-state index contributed by atoms with van der Waals surface area (Å²) in [5.74, 6) is 0. The van der Waals surface area contributed by atoms with Gasteiger partial charge in [-0.3, -0.25) is 9.52 Å². The van der Waals surface area contributed by atoms with Gasteiger partial charge in [0, 0.05) is 22.0 Å². The van der Waals surface area contributed by atoms with Crippen LogP contribution in [0.15, 0.2) is 52.4 Å². The Morgan fingerprint density at radius 3 is 2.56 bits per heavy atom. The van der Waals surface area contributed by atoms with Crippen molar-refractivity contribution < 1.29 is 8.42 Å². The van der Waals surface area contributed by atoms with Gasteiger partial charge in [-0.2, -0.15) is 0 Å². The average Bonchev–Trinajstić information content (AvgIpc) is 2.32. The molecule has 0 fully saturated rings. The summed E-state index contributed by atoms with van der Waals surface area (Å²) in [6.07, 6.45) is 2.55. The lowest BCUT2D eigenvalue weighted by atomic mass is 10.3. The Hall–Kier alpha value is -1.35. The molecule has 1 heterocycles. The van der Waals surface area contributed by atoms with E-state index in [4.69, 9.17) is 0 Å². The molecule has 0 amide bonds. The molecule has 0 saturated carbocycles. The molecule has 2 rings (SSSR count). The largest absolute Gasteiger partial charge is 0.366 e. The van der Waals surface area contributed by atoms with Gasteiger partial charge in [-0.15, -0.1) is 0 Å². The van der Waals surface area contributed by atoms with Gasteiger partial charge in [-0.25, -0.2) is 8.42 Å². The minimum absolute atomic E-state index is 0.301. The summed E-state index contributed by atoms with van der Waals surface area (Å²) < 4.78 is 27.2. The molecule has 94 valence electrons. The Bertz CT molecular complexity index is 725. The molecule has 0 spiro atoms. The van der Waals surface area contributed by atoms with Crippen LogP contribution in [-0.4, -0.2) is 13.4 Å². The van der Waals surface area contributed by atoms with Crippen LogP contribution in [0.25, 0.3) is 0 Å². The first-order valence-corrected chi connectivity index (χ1v) is 7.51. The van der Waals surface area contributed by atoms with Crippen molar-refractivity contribution in [1.82, 2.24) is 4.98 Å². The summed E-state index contributed by atoms with van der Waals surface area (Å²) >= 11 is 2.02. The van der Waals surface area contributed by atoms with Crippen molar-refractivity contribution in [1.29, 1.82) is 0 Å². The Kier molecular flexibility index (Phi) is 3.71. The quantitative estimate of drug-likeness (QED) is 0.802. The van der Waals surface area contributed by atoms with Crippen LogP contribution < -0.4 is 10.2 Å². The Labute approximate surface area is 117 Å². The standard InChI is InChI=1S/C11H9IN2O3S/c12-8-3-1-2-4-9(8)14-18(16,17)11-7-13-6-5-10(11)15/h1-7,14H,(H,13,15). The maximum Gasteiger partial charge on any atom is 0.267 e. The van der Waals surface area contributed by atoms with Gasteiger partial charge in [0.05, 0.1) is 5.69 Å². The van der Waals surface area contributed by atoms with E-state index >= 15 is 0 Å². The number of hydrogen-bond donors (Lipinski definition) is 2. The minimum atomic E-state index is -3.87. The predicted molar refractivity (Wildman–Crippen MR) is 77.0 cm³/mol. The number of nitrogens with one attached hydrogen (secondary N) is 2. The number of aromatic amines is 1. The molecular formula is C11H9IN2O3S. The third kappa shape index (κ3) is 2.72. The van der Waals surface area contributed by atoms with Crippen molar-refractivity contribution in [3.8, 4) is 0 Å². The fraction of sp³-hybridized carbons (Fsp3) is 0. The van der Waals surface area contributed by atoms with Crippen LogP contribution in [0.5, 0.6) is 0 Å². The highest BCUT2D eigenvalue weighted by atomic mass is 127. The van der Waals surface area contributed by atoms with Crippen molar-refractivity contribution in [2.75, 3.05) is 4.72 Å². The first-order valence-electron chi connectivity index (χ1n) is 4.95. The number of sulfonamides is 1. The molecule has 0 unspecified atom stereocenters. The summed E-state index contributed by atoms with van der Waals surface area (Å²) in [4.78, 5) is 13.8. The lowest BCUT2D eigenvalue weighted by Gasteiger charge is -2.08. The molecule has 0 atom stereocenters. The summed E-state index contributed by atoms with van der Waals surface area (Å²) in [5, 5.41) is 0. The second-order valence-corrected chi connectivity index (χ2v) is 6.27. The number of para-hydroxylation sites is 1. The van der Waals surface area contributed by atoms with E-state index < -0.39 is 15.5 Å².